The summed E-state index contributed by atoms with van der Waals surface area (Å²) in [7, 11) is 1.51. The van der Waals surface area contributed by atoms with Crippen LogP contribution in [0.1, 0.15) is 10.4 Å². The summed E-state index contributed by atoms with van der Waals surface area (Å²) in [5.41, 5.74) is 0.492. The molecule has 3 N–H and O–H groups in total. The van der Waals surface area contributed by atoms with Crippen molar-refractivity contribution in [1.29, 1.82) is 0 Å². The van der Waals surface area contributed by atoms with Gasteiger partial charge in [0, 0.05) is 37.1 Å². The van der Waals surface area contributed by atoms with Gasteiger partial charge in [-0.25, -0.2) is 9.97 Å². The standard InChI is InChI=1S/C18H19N7O2/c1-27-17-12-13(7-9-21-17)18(26)22-11-10-20-15-5-6-16(25-24-15)23-14-4-2-3-8-19-14/h2-9,12H,10-11H2,1H3,(H,20,24)(H,22,26)(H,19,23,25). The number of carbonyl (C=O) groups is 1. The number of aromatic nitrogens is 4. The van der Waals surface area contributed by atoms with Crippen LogP contribution in [0, 0.1) is 0 Å². The van der Waals surface area contributed by atoms with Crippen molar-refractivity contribution in [3.8, 4) is 5.88 Å². The third kappa shape index (κ3) is 5.36. The third-order valence-corrected chi connectivity index (χ3v) is 3.51. The van der Waals surface area contributed by atoms with Gasteiger partial charge in [-0.2, -0.15) is 0 Å². The quantitative estimate of drug-likeness (QED) is 0.518. The largest absolute Gasteiger partial charge is 0.481 e. The fourth-order valence-corrected chi connectivity index (χ4v) is 2.19. The van der Waals surface area contributed by atoms with Crippen LogP contribution in [0.5, 0.6) is 5.88 Å². The number of methoxy groups -OCH3 is 1. The van der Waals surface area contributed by atoms with Crippen molar-refractivity contribution in [3.63, 3.8) is 0 Å². The molecule has 3 rings (SSSR count). The first kappa shape index (κ1) is 18.1. The van der Waals surface area contributed by atoms with Crippen molar-refractivity contribution in [2.45, 2.75) is 0 Å². The Morgan fingerprint density at radius 2 is 1.81 bits per heavy atom. The smallest absolute Gasteiger partial charge is 0.251 e. The molecule has 0 aromatic carbocycles. The molecule has 3 aromatic heterocycles. The zero-order chi connectivity index (χ0) is 18.9. The summed E-state index contributed by atoms with van der Waals surface area (Å²) in [5, 5.41) is 17.1. The number of hydrogen-bond acceptors (Lipinski definition) is 8. The highest BCUT2D eigenvalue weighted by Crippen LogP contribution is 2.11. The molecule has 0 atom stereocenters. The molecular formula is C18H19N7O2. The zero-order valence-electron chi connectivity index (χ0n) is 14.7. The van der Waals surface area contributed by atoms with E-state index in [1.165, 1.54) is 13.3 Å². The summed E-state index contributed by atoms with van der Waals surface area (Å²) < 4.78 is 5.01. The summed E-state index contributed by atoms with van der Waals surface area (Å²) in [6.45, 7) is 0.939. The molecule has 0 saturated carbocycles. The average Bonchev–Trinajstić information content (AvgIpc) is 2.73. The molecular weight excluding hydrogens is 346 g/mol. The lowest BCUT2D eigenvalue weighted by Crippen LogP contribution is -2.29. The van der Waals surface area contributed by atoms with E-state index in [0.717, 1.165) is 0 Å². The van der Waals surface area contributed by atoms with Gasteiger partial charge in [0.2, 0.25) is 5.88 Å². The maximum atomic E-state index is 12.1. The summed E-state index contributed by atoms with van der Waals surface area (Å²) in [4.78, 5) is 20.2. The number of carbonyl (C=O) groups excluding carboxylic acids is 1. The average molecular weight is 365 g/mol. The highest BCUT2D eigenvalue weighted by Gasteiger charge is 2.06. The van der Waals surface area contributed by atoms with Crippen LogP contribution in [0.25, 0.3) is 0 Å². The van der Waals surface area contributed by atoms with Crippen LogP contribution in [-0.2, 0) is 0 Å². The minimum absolute atomic E-state index is 0.196. The van der Waals surface area contributed by atoms with Crippen LogP contribution in [0.3, 0.4) is 0 Å². The molecule has 0 spiro atoms. The Labute approximate surface area is 156 Å². The number of amides is 1. The lowest BCUT2D eigenvalue weighted by molar-refractivity contribution is 0.0954. The molecule has 138 valence electrons. The van der Waals surface area contributed by atoms with Gasteiger partial charge in [0.05, 0.1) is 7.11 Å². The van der Waals surface area contributed by atoms with E-state index in [1.807, 2.05) is 18.2 Å². The Kier molecular flexibility index (Phi) is 6.08. The van der Waals surface area contributed by atoms with Crippen molar-refractivity contribution in [2.75, 3.05) is 30.8 Å². The van der Waals surface area contributed by atoms with Gasteiger partial charge in [-0.05, 0) is 30.3 Å². The second kappa shape index (κ2) is 9.09. The molecule has 27 heavy (non-hydrogen) atoms. The Bertz CT molecular complexity index is 872. The molecule has 3 aromatic rings. The summed E-state index contributed by atoms with van der Waals surface area (Å²) in [6.07, 6.45) is 3.23. The molecule has 0 radical (unpaired) electrons. The monoisotopic (exact) mass is 365 g/mol. The molecule has 0 unspecified atom stereocenters. The fourth-order valence-electron chi connectivity index (χ4n) is 2.19. The van der Waals surface area contributed by atoms with Crippen molar-refractivity contribution in [1.82, 2.24) is 25.5 Å². The van der Waals surface area contributed by atoms with E-state index in [0.29, 0.717) is 42.0 Å². The van der Waals surface area contributed by atoms with Gasteiger partial charge in [0.1, 0.15) is 11.6 Å². The molecule has 0 saturated heterocycles. The zero-order valence-corrected chi connectivity index (χ0v) is 14.7. The molecule has 0 bridgehead atoms. The van der Waals surface area contributed by atoms with E-state index in [2.05, 4.69) is 36.1 Å². The van der Waals surface area contributed by atoms with Crippen LogP contribution in [0.2, 0.25) is 0 Å². The van der Waals surface area contributed by atoms with Crippen LogP contribution in [0.4, 0.5) is 17.5 Å². The predicted molar refractivity (Wildman–Crippen MR) is 101 cm³/mol. The van der Waals surface area contributed by atoms with Gasteiger partial charge in [0.15, 0.2) is 5.82 Å². The van der Waals surface area contributed by atoms with Crippen LogP contribution < -0.4 is 20.7 Å². The first-order valence-corrected chi connectivity index (χ1v) is 8.28. The maximum Gasteiger partial charge on any atom is 0.251 e. The molecule has 1 amide bonds. The fraction of sp³-hybridized carbons (Fsp3) is 0.167. The first-order chi connectivity index (χ1) is 13.2. The lowest BCUT2D eigenvalue weighted by Gasteiger charge is -2.08. The van der Waals surface area contributed by atoms with Crippen molar-refractivity contribution in [3.05, 3.63) is 60.4 Å². The number of nitrogens with zero attached hydrogens (tertiary/aromatic N) is 4. The van der Waals surface area contributed by atoms with Gasteiger partial charge < -0.3 is 20.7 Å². The summed E-state index contributed by atoms with van der Waals surface area (Å²) in [5.74, 6) is 2.11. The number of hydrogen-bond donors (Lipinski definition) is 3. The predicted octanol–water partition coefficient (Wildman–Crippen LogP) is 1.86. The first-order valence-electron chi connectivity index (χ1n) is 8.28. The van der Waals surface area contributed by atoms with Gasteiger partial charge >= 0.3 is 0 Å². The second-order valence-corrected chi connectivity index (χ2v) is 5.41. The van der Waals surface area contributed by atoms with E-state index in [9.17, 15) is 4.79 Å². The van der Waals surface area contributed by atoms with E-state index < -0.39 is 0 Å². The molecule has 0 aliphatic heterocycles. The number of anilines is 3. The van der Waals surface area contributed by atoms with Crippen LogP contribution in [-0.4, -0.2) is 46.3 Å². The normalized spacial score (nSPS) is 10.1. The summed E-state index contributed by atoms with van der Waals surface area (Å²) >= 11 is 0. The summed E-state index contributed by atoms with van der Waals surface area (Å²) in [6, 6.07) is 12.4. The Morgan fingerprint density at radius 1 is 0.963 bits per heavy atom. The van der Waals surface area contributed by atoms with E-state index in [4.69, 9.17) is 4.74 Å². The minimum Gasteiger partial charge on any atom is -0.481 e. The van der Waals surface area contributed by atoms with Gasteiger partial charge in [-0.1, -0.05) is 6.07 Å². The number of rotatable bonds is 8. The number of pyridine rings is 2. The molecule has 9 heteroatoms. The van der Waals surface area contributed by atoms with E-state index in [1.54, 1.807) is 30.5 Å². The van der Waals surface area contributed by atoms with Crippen molar-refractivity contribution < 1.29 is 9.53 Å². The molecule has 0 fully saturated rings. The van der Waals surface area contributed by atoms with Crippen molar-refractivity contribution >= 4 is 23.4 Å². The van der Waals surface area contributed by atoms with Crippen LogP contribution in [0.15, 0.2) is 54.9 Å². The van der Waals surface area contributed by atoms with Gasteiger partial charge in [-0.15, -0.1) is 10.2 Å². The van der Waals surface area contributed by atoms with E-state index in [-0.39, 0.29) is 5.91 Å². The Morgan fingerprint density at radius 3 is 2.56 bits per heavy atom. The maximum absolute atomic E-state index is 12.1. The van der Waals surface area contributed by atoms with Gasteiger partial charge in [0.25, 0.3) is 5.91 Å². The lowest BCUT2D eigenvalue weighted by atomic mass is 10.2. The second-order valence-electron chi connectivity index (χ2n) is 5.41. The minimum atomic E-state index is -0.196. The van der Waals surface area contributed by atoms with E-state index >= 15 is 0 Å². The molecule has 3 heterocycles. The highest BCUT2D eigenvalue weighted by atomic mass is 16.5. The van der Waals surface area contributed by atoms with Crippen LogP contribution >= 0.6 is 0 Å². The highest BCUT2D eigenvalue weighted by molar-refractivity contribution is 5.94. The van der Waals surface area contributed by atoms with Crippen molar-refractivity contribution in [2.24, 2.45) is 0 Å². The number of nitrogens with one attached hydrogen (secondary N) is 3. The number of ether oxygens (including phenoxy) is 1. The third-order valence-electron chi connectivity index (χ3n) is 3.51. The SMILES string of the molecule is COc1cc(C(=O)NCCNc2ccc(Nc3ccccn3)nn2)ccn1. The molecule has 9 nitrogen and oxygen atoms in total. The Balaban J connectivity index is 1.43. The Hall–Kier alpha value is -3.75. The van der Waals surface area contributed by atoms with Gasteiger partial charge in [-0.3, -0.25) is 4.79 Å². The topological polar surface area (TPSA) is 114 Å². The molecule has 0 aliphatic rings. The molecule has 0 aliphatic carbocycles.